The van der Waals surface area contributed by atoms with E-state index in [0.717, 1.165) is 5.56 Å². The van der Waals surface area contributed by atoms with E-state index in [1.165, 1.54) is 0 Å². The summed E-state index contributed by atoms with van der Waals surface area (Å²) in [4.78, 5) is 22.3. The molecule has 0 fully saturated rings. The highest BCUT2D eigenvalue weighted by Gasteiger charge is 2.15. The van der Waals surface area contributed by atoms with Gasteiger partial charge in [0.05, 0.1) is 0 Å². The van der Waals surface area contributed by atoms with Gasteiger partial charge in [0.2, 0.25) is 0 Å². The Balaban J connectivity index is 2.63. The molecule has 86 valence electrons. The molecule has 0 aliphatic heterocycles. The average Bonchev–Trinajstić information content (AvgIpc) is 2.26. The van der Waals surface area contributed by atoms with Gasteiger partial charge in [-0.1, -0.05) is 36.8 Å². The zero-order valence-electron chi connectivity index (χ0n) is 9.56. The molecule has 3 heteroatoms. The van der Waals surface area contributed by atoms with Crippen molar-refractivity contribution < 1.29 is 14.7 Å². The lowest BCUT2D eigenvalue weighted by molar-refractivity contribution is -0.137. The molecule has 1 atom stereocenters. The standard InChI is InChI=1S/C13H16O3/c1-9-3-6-11(7-4-9)13(16)10(2)5-8-12(14)15/h3-4,6-7,10H,5,8H2,1-2H3,(H,14,15). The SMILES string of the molecule is Cc1ccc(C(=O)C(C)CCC(=O)O)cc1. The summed E-state index contributed by atoms with van der Waals surface area (Å²) in [6.07, 6.45) is 0.431. The van der Waals surface area contributed by atoms with E-state index in [2.05, 4.69) is 0 Å². The molecule has 0 aromatic heterocycles. The number of ketones is 1. The number of Topliss-reactive ketones (excluding diaryl/α,β-unsaturated/α-hetero) is 1. The molecule has 0 radical (unpaired) electrons. The summed E-state index contributed by atoms with van der Waals surface area (Å²) in [6.45, 7) is 3.73. The number of benzene rings is 1. The number of carbonyl (C=O) groups is 2. The summed E-state index contributed by atoms with van der Waals surface area (Å²) >= 11 is 0. The summed E-state index contributed by atoms with van der Waals surface area (Å²) in [5.41, 5.74) is 1.76. The molecule has 0 heterocycles. The molecule has 1 aromatic rings. The molecule has 0 saturated heterocycles. The van der Waals surface area contributed by atoms with Gasteiger partial charge < -0.3 is 5.11 Å². The van der Waals surface area contributed by atoms with Crippen LogP contribution in [-0.4, -0.2) is 16.9 Å². The van der Waals surface area contributed by atoms with Crippen molar-refractivity contribution in [2.75, 3.05) is 0 Å². The second-order valence-corrected chi connectivity index (χ2v) is 4.06. The normalized spacial score (nSPS) is 12.1. The fourth-order valence-corrected chi connectivity index (χ4v) is 1.47. The van der Waals surface area contributed by atoms with Gasteiger partial charge in [0.15, 0.2) is 5.78 Å². The Morgan fingerprint density at radius 3 is 2.31 bits per heavy atom. The quantitative estimate of drug-likeness (QED) is 0.776. The van der Waals surface area contributed by atoms with E-state index >= 15 is 0 Å². The van der Waals surface area contributed by atoms with Crippen molar-refractivity contribution in [2.24, 2.45) is 5.92 Å². The molecule has 1 N–H and O–H groups in total. The Bertz CT molecular complexity index is 379. The minimum Gasteiger partial charge on any atom is -0.481 e. The molecule has 3 nitrogen and oxygen atoms in total. The summed E-state index contributed by atoms with van der Waals surface area (Å²) in [6, 6.07) is 7.35. The molecule has 0 aliphatic rings. The average molecular weight is 220 g/mol. The number of carbonyl (C=O) groups excluding carboxylic acids is 1. The summed E-state index contributed by atoms with van der Waals surface area (Å²) in [5, 5.41) is 8.54. The van der Waals surface area contributed by atoms with Crippen molar-refractivity contribution in [1.82, 2.24) is 0 Å². The lowest BCUT2D eigenvalue weighted by Crippen LogP contribution is -2.12. The van der Waals surface area contributed by atoms with E-state index in [1.807, 2.05) is 19.1 Å². The summed E-state index contributed by atoms with van der Waals surface area (Å²) in [5.74, 6) is -1.08. The third-order valence-corrected chi connectivity index (χ3v) is 2.57. The molecule has 1 unspecified atom stereocenters. The lowest BCUT2D eigenvalue weighted by atomic mass is 9.95. The fraction of sp³-hybridized carbons (Fsp3) is 0.385. The Morgan fingerprint density at radius 1 is 1.25 bits per heavy atom. The van der Waals surface area contributed by atoms with Gasteiger partial charge in [0.1, 0.15) is 0 Å². The fourth-order valence-electron chi connectivity index (χ4n) is 1.47. The molecule has 0 aliphatic carbocycles. The molecule has 1 aromatic carbocycles. The second kappa shape index (κ2) is 5.45. The number of hydrogen-bond donors (Lipinski definition) is 1. The van der Waals surface area contributed by atoms with Gasteiger partial charge in [-0.2, -0.15) is 0 Å². The predicted molar refractivity (Wildman–Crippen MR) is 61.5 cm³/mol. The number of carboxylic acids is 1. The van der Waals surface area contributed by atoms with Gasteiger partial charge >= 0.3 is 5.97 Å². The third kappa shape index (κ3) is 3.50. The van der Waals surface area contributed by atoms with Crippen molar-refractivity contribution in [3.05, 3.63) is 35.4 Å². The van der Waals surface area contributed by atoms with Crippen LogP contribution in [0.5, 0.6) is 0 Å². The van der Waals surface area contributed by atoms with Crippen molar-refractivity contribution in [1.29, 1.82) is 0 Å². The van der Waals surface area contributed by atoms with Crippen LogP contribution in [0.1, 0.15) is 35.7 Å². The topological polar surface area (TPSA) is 54.4 Å². The minimum absolute atomic E-state index is 0.0150. The van der Waals surface area contributed by atoms with Crippen LogP contribution in [0.3, 0.4) is 0 Å². The summed E-state index contributed by atoms with van der Waals surface area (Å²) < 4.78 is 0. The van der Waals surface area contributed by atoms with Crippen LogP contribution in [0, 0.1) is 12.8 Å². The number of hydrogen-bond acceptors (Lipinski definition) is 2. The highest BCUT2D eigenvalue weighted by Crippen LogP contribution is 2.14. The second-order valence-electron chi connectivity index (χ2n) is 4.06. The number of rotatable bonds is 5. The van der Waals surface area contributed by atoms with E-state index < -0.39 is 5.97 Å². The van der Waals surface area contributed by atoms with Crippen LogP contribution in [0.4, 0.5) is 0 Å². The van der Waals surface area contributed by atoms with Gasteiger partial charge in [-0.25, -0.2) is 0 Å². The van der Waals surface area contributed by atoms with Crippen molar-refractivity contribution in [3.8, 4) is 0 Å². The van der Waals surface area contributed by atoms with Crippen molar-refractivity contribution in [3.63, 3.8) is 0 Å². The van der Waals surface area contributed by atoms with Crippen LogP contribution in [0.2, 0.25) is 0 Å². The molecule has 0 spiro atoms. The number of aryl methyl sites for hydroxylation is 1. The zero-order chi connectivity index (χ0) is 12.1. The van der Waals surface area contributed by atoms with Gasteiger partial charge in [-0.3, -0.25) is 9.59 Å². The first kappa shape index (κ1) is 12.4. The maximum absolute atomic E-state index is 11.9. The third-order valence-electron chi connectivity index (χ3n) is 2.57. The molecule has 0 saturated carbocycles. The van der Waals surface area contributed by atoms with E-state index in [1.54, 1.807) is 19.1 Å². The van der Waals surface area contributed by atoms with Gasteiger partial charge in [-0.05, 0) is 13.3 Å². The van der Waals surface area contributed by atoms with E-state index in [0.29, 0.717) is 12.0 Å². The minimum atomic E-state index is -0.858. The molecule has 1 rings (SSSR count). The molecule has 0 amide bonds. The Labute approximate surface area is 95.1 Å². The highest BCUT2D eigenvalue weighted by atomic mass is 16.4. The monoisotopic (exact) mass is 220 g/mol. The number of aliphatic carboxylic acids is 1. The van der Waals surface area contributed by atoms with Gasteiger partial charge in [0, 0.05) is 17.9 Å². The Morgan fingerprint density at radius 2 is 1.81 bits per heavy atom. The number of carboxylic acid groups (broad SMARTS) is 1. The van der Waals surface area contributed by atoms with Gasteiger partial charge in [-0.15, -0.1) is 0 Å². The molecule has 16 heavy (non-hydrogen) atoms. The first-order valence-electron chi connectivity index (χ1n) is 5.33. The van der Waals surface area contributed by atoms with Gasteiger partial charge in [0.25, 0.3) is 0 Å². The van der Waals surface area contributed by atoms with Crippen LogP contribution >= 0.6 is 0 Å². The Kier molecular flexibility index (Phi) is 4.23. The van der Waals surface area contributed by atoms with E-state index in [4.69, 9.17) is 5.11 Å². The Hall–Kier alpha value is -1.64. The maximum Gasteiger partial charge on any atom is 0.303 e. The highest BCUT2D eigenvalue weighted by molar-refractivity contribution is 5.97. The smallest absolute Gasteiger partial charge is 0.303 e. The summed E-state index contributed by atoms with van der Waals surface area (Å²) in [7, 11) is 0. The largest absolute Gasteiger partial charge is 0.481 e. The van der Waals surface area contributed by atoms with Crippen LogP contribution in [0.15, 0.2) is 24.3 Å². The van der Waals surface area contributed by atoms with E-state index in [9.17, 15) is 9.59 Å². The van der Waals surface area contributed by atoms with Crippen LogP contribution in [0.25, 0.3) is 0 Å². The maximum atomic E-state index is 11.9. The van der Waals surface area contributed by atoms with E-state index in [-0.39, 0.29) is 18.1 Å². The van der Waals surface area contributed by atoms with Crippen molar-refractivity contribution >= 4 is 11.8 Å². The van der Waals surface area contributed by atoms with Crippen molar-refractivity contribution in [2.45, 2.75) is 26.7 Å². The predicted octanol–water partition coefficient (Wildman–Crippen LogP) is 2.68. The molecular formula is C13H16O3. The van der Waals surface area contributed by atoms with Crippen LogP contribution < -0.4 is 0 Å². The first-order valence-corrected chi connectivity index (χ1v) is 5.33. The van der Waals surface area contributed by atoms with Crippen LogP contribution in [-0.2, 0) is 4.79 Å². The zero-order valence-corrected chi connectivity index (χ0v) is 9.56. The lowest BCUT2D eigenvalue weighted by Gasteiger charge is -2.08. The first-order chi connectivity index (χ1) is 7.50. The molecular weight excluding hydrogens is 204 g/mol. The molecule has 0 bridgehead atoms.